The molecule has 0 bridgehead atoms. The lowest BCUT2D eigenvalue weighted by molar-refractivity contribution is 0.142. The molecule has 0 heterocycles. The van der Waals surface area contributed by atoms with Crippen molar-refractivity contribution in [2.24, 2.45) is 29.6 Å². The molecule has 2 heteroatoms. The van der Waals surface area contributed by atoms with Crippen LogP contribution in [0.4, 0.5) is 8.78 Å². The Hall–Kier alpha value is -0.920. The summed E-state index contributed by atoms with van der Waals surface area (Å²) in [5, 5.41) is 0. The van der Waals surface area contributed by atoms with Crippen molar-refractivity contribution in [3.05, 3.63) is 34.4 Å². The van der Waals surface area contributed by atoms with Gasteiger partial charge in [-0.05, 0) is 109 Å². The molecular formula is C27H40F2. The van der Waals surface area contributed by atoms with Crippen LogP contribution in [0, 0.1) is 41.2 Å². The van der Waals surface area contributed by atoms with Crippen LogP contribution in [0.15, 0.2) is 6.07 Å². The molecule has 29 heavy (non-hydrogen) atoms. The van der Waals surface area contributed by atoms with Crippen LogP contribution >= 0.6 is 0 Å². The SMILES string of the molecule is CC1CCC(C2CCC(C(C)c3cc4c(c(F)c3F)C(C)C(C)CC4)CC2)CC1. The van der Waals surface area contributed by atoms with Gasteiger partial charge in [0, 0.05) is 0 Å². The van der Waals surface area contributed by atoms with Gasteiger partial charge in [-0.15, -0.1) is 0 Å². The predicted octanol–water partition coefficient (Wildman–Crippen LogP) is 8.39. The molecule has 0 radical (unpaired) electrons. The normalized spacial score (nSPS) is 36.5. The van der Waals surface area contributed by atoms with Gasteiger partial charge in [0.15, 0.2) is 11.6 Å². The van der Waals surface area contributed by atoms with E-state index < -0.39 is 11.6 Å². The number of benzene rings is 1. The number of halogens is 2. The van der Waals surface area contributed by atoms with E-state index in [1.165, 1.54) is 51.4 Å². The van der Waals surface area contributed by atoms with E-state index in [2.05, 4.69) is 27.7 Å². The molecular weight excluding hydrogens is 362 g/mol. The van der Waals surface area contributed by atoms with Crippen LogP contribution in [-0.4, -0.2) is 0 Å². The molecule has 4 rings (SSSR count). The Morgan fingerprint density at radius 3 is 2.00 bits per heavy atom. The Balaban J connectivity index is 1.45. The maximum Gasteiger partial charge on any atom is 0.162 e. The highest BCUT2D eigenvalue weighted by atomic mass is 19.2. The van der Waals surface area contributed by atoms with Gasteiger partial charge in [-0.25, -0.2) is 8.78 Å². The monoisotopic (exact) mass is 402 g/mol. The van der Waals surface area contributed by atoms with Gasteiger partial charge in [-0.2, -0.15) is 0 Å². The lowest BCUT2D eigenvalue weighted by atomic mass is 9.66. The zero-order valence-corrected chi connectivity index (χ0v) is 18.9. The summed E-state index contributed by atoms with van der Waals surface area (Å²) in [7, 11) is 0. The zero-order valence-electron chi connectivity index (χ0n) is 18.9. The van der Waals surface area contributed by atoms with Gasteiger partial charge in [0.25, 0.3) is 0 Å². The van der Waals surface area contributed by atoms with Crippen molar-refractivity contribution in [3.8, 4) is 0 Å². The maximum atomic E-state index is 15.1. The van der Waals surface area contributed by atoms with E-state index in [9.17, 15) is 0 Å². The van der Waals surface area contributed by atoms with E-state index in [0.717, 1.165) is 36.2 Å². The fraction of sp³-hybridized carbons (Fsp3) is 0.778. The van der Waals surface area contributed by atoms with Crippen molar-refractivity contribution < 1.29 is 8.78 Å². The standard InChI is InChI=1S/C27H40F2/c1-16-5-8-21(9-6-16)22-13-11-20(12-14-22)19(4)24-15-23-10-7-17(2)18(3)25(23)27(29)26(24)28/h15-22H,5-14H2,1-4H3. The molecule has 2 saturated carbocycles. The van der Waals surface area contributed by atoms with Crippen LogP contribution in [0.25, 0.3) is 0 Å². The summed E-state index contributed by atoms with van der Waals surface area (Å²) in [6.45, 7) is 8.75. The quantitative estimate of drug-likeness (QED) is 0.476. The fourth-order valence-electron chi connectivity index (χ4n) is 6.79. The van der Waals surface area contributed by atoms with Crippen LogP contribution in [0.2, 0.25) is 0 Å². The van der Waals surface area contributed by atoms with E-state index in [1.54, 1.807) is 0 Å². The van der Waals surface area contributed by atoms with Gasteiger partial charge in [0.2, 0.25) is 0 Å². The van der Waals surface area contributed by atoms with Gasteiger partial charge in [-0.1, -0.05) is 46.6 Å². The number of hydrogen-bond donors (Lipinski definition) is 0. The first-order valence-corrected chi connectivity index (χ1v) is 12.4. The molecule has 0 spiro atoms. The van der Waals surface area contributed by atoms with E-state index in [1.807, 2.05) is 6.07 Å². The third-order valence-electron chi connectivity index (χ3n) is 9.28. The van der Waals surface area contributed by atoms with E-state index >= 15 is 8.78 Å². The molecule has 2 fully saturated rings. The third-order valence-corrected chi connectivity index (χ3v) is 9.28. The van der Waals surface area contributed by atoms with Gasteiger partial charge in [0.1, 0.15) is 0 Å². The molecule has 0 aromatic heterocycles. The Bertz CT molecular complexity index is 708. The summed E-state index contributed by atoms with van der Waals surface area (Å²) in [6, 6.07) is 2.04. The highest BCUT2D eigenvalue weighted by molar-refractivity contribution is 5.40. The molecule has 0 nitrogen and oxygen atoms in total. The van der Waals surface area contributed by atoms with Crippen molar-refractivity contribution in [1.82, 2.24) is 0 Å². The van der Waals surface area contributed by atoms with Crippen molar-refractivity contribution in [2.75, 3.05) is 0 Å². The lowest BCUT2D eigenvalue weighted by Gasteiger charge is -2.39. The van der Waals surface area contributed by atoms with Crippen LogP contribution in [0.1, 0.15) is 114 Å². The summed E-state index contributed by atoms with van der Waals surface area (Å²) in [4.78, 5) is 0. The molecule has 3 atom stereocenters. The molecule has 0 aliphatic heterocycles. The Kier molecular flexibility index (Phi) is 6.38. The van der Waals surface area contributed by atoms with Gasteiger partial charge in [0.05, 0.1) is 0 Å². The second kappa shape index (κ2) is 8.67. The van der Waals surface area contributed by atoms with Crippen LogP contribution in [0.5, 0.6) is 0 Å². The zero-order chi connectivity index (χ0) is 20.7. The molecule has 1 aromatic rings. The number of fused-ring (bicyclic) bond motifs is 1. The second-order valence-corrected chi connectivity index (χ2v) is 11.0. The van der Waals surface area contributed by atoms with E-state index in [0.29, 0.717) is 23.0 Å². The highest BCUT2D eigenvalue weighted by Gasteiger charge is 2.35. The molecule has 0 amide bonds. The summed E-state index contributed by atoms with van der Waals surface area (Å²) in [5.41, 5.74) is 2.38. The van der Waals surface area contributed by atoms with Gasteiger partial charge >= 0.3 is 0 Å². The van der Waals surface area contributed by atoms with Crippen molar-refractivity contribution >= 4 is 0 Å². The summed E-state index contributed by atoms with van der Waals surface area (Å²) >= 11 is 0. The third kappa shape index (κ3) is 4.15. The number of aryl methyl sites for hydroxylation is 1. The topological polar surface area (TPSA) is 0 Å². The molecule has 1 aromatic carbocycles. The maximum absolute atomic E-state index is 15.1. The average Bonchev–Trinajstić information content (AvgIpc) is 2.73. The molecule has 0 saturated heterocycles. The predicted molar refractivity (Wildman–Crippen MR) is 117 cm³/mol. The highest BCUT2D eigenvalue weighted by Crippen LogP contribution is 2.46. The van der Waals surface area contributed by atoms with E-state index in [-0.39, 0.29) is 11.8 Å². The summed E-state index contributed by atoms with van der Waals surface area (Å²) in [6.07, 6.45) is 12.5. The molecule has 3 aliphatic carbocycles. The van der Waals surface area contributed by atoms with E-state index in [4.69, 9.17) is 0 Å². The first kappa shape index (κ1) is 21.3. The van der Waals surface area contributed by atoms with Crippen LogP contribution in [-0.2, 0) is 6.42 Å². The largest absolute Gasteiger partial charge is 0.203 e. The van der Waals surface area contributed by atoms with Gasteiger partial charge < -0.3 is 0 Å². The second-order valence-electron chi connectivity index (χ2n) is 11.0. The minimum absolute atomic E-state index is 0.117. The first-order chi connectivity index (χ1) is 13.9. The summed E-state index contributed by atoms with van der Waals surface area (Å²) < 4.78 is 30.2. The Morgan fingerprint density at radius 2 is 1.38 bits per heavy atom. The van der Waals surface area contributed by atoms with Crippen molar-refractivity contribution in [3.63, 3.8) is 0 Å². The van der Waals surface area contributed by atoms with Crippen LogP contribution in [0.3, 0.4) is 0 Å². The number of rotatable bonds is 3. The summed E-state index contributed by atoms with van der Waals surface area (Å²) in [5.74, 6) is 2.77. The Labute approximate surface area is 176 Å². The Morgan fingerprint density at radius 1 is 0.793 bits per heavy atom. The minimum atomic E-state index is -0.555. The number of hydrogen-bond acceptors (Lipinski definition) is 0. The minimum Gasteiger partial charge on any atom is -0.203 e. The average molecular weight is 403 g/mol. The molecule has 3 unspecified atom stereocenters. The molecule has 0 N–H and O–H groups in total. The fourth-order valence-corrected chi connectivity index (χ4v) is 6.79. The van der Waals surface area contributed by atoms with Crippen LogP contribution < -0.4 is 0 Å². The van der Waals surface area contributed by atoms with Crippen molar-refractivity contribution in [2.45, 2.75) is 104 Å². The van der Waals surface area contributed by atoms with Gasteiger partial charge in [-0.3, -0.25) is 0 Å². The smallest absolute Gasteiger partial charge is 0.162 e. The molecule has 162 valence electrons. The van der Waals surface area contributed by atoms with Crippen molar-refractivity contribution in [1.29, 1.82) is 0 Å². The first-order valence-electron chi connectivity index (χ1n) is 12.4. The molecule has 3 aliphatic rings. The lowest BCUT2D eigenvalue weighted by Crippen LogP contribution is -2.27.